The summed E-state index contributed by atoms with van der Waals surface area (Å²) in [6, 6.07) is 4.18. The van der Waals surface area contributed by atoms with E-state index < -0.39 is 23.1 Å². The minimum Gasteiger partial charge on any atom is -0.481 e. The van der Waals surface area contributed by atoms with Crippen molar-refractivity contribution < 1.29 is 19.1 Å². The van der Waals surface area contributed by atoms with Crippen molar-refractivity contribution in [3.05, 3.63) is 34.1 Å². The van der Waals surface area contributed by atoms with Gasteiger partial charge < -0.3 is 10.4 Å². The lowest BCUT2D eigenvalue weighted by Gasteiger charge is -2.24. The maximum absolute atomic E-state index is 13.4. The number of aliphatic carboxylic acids is 1. The Hall–Kier alpha value is -1.43. The lowest BCUT2D eigenvalue weighted by molar-refractivity contribution is -0.148. The molecule has 2 N–H and O–H groups in total. The van der Waals surface area contributed by atoms with Gasteiger partial charge in [0.1, 0.15) is 5.82 Å². The van der Waals surface area contributed by atoms with Gasteiger partial charge >= 0.3 is 5.97 Å². The second-order valence-electron chi connectivity index (χ2n) is 5.08. The van der Waals surface area contributed by atoms with E-state index in [9.17, 15) is 19.1 Å². The van der Waals surface area contributed by atoms with E-state index in [0.717, 1.165) is 12.8 Å². The molecule has 108 valence electrons. The van der Waals surface area contributed by atoms with Gasteiger partial charge in [-0.25, -0.2) is 4.39 Å². The third kappa shape index (κ3) is 2.85. The maximum atomic E-state index is 13.4. The number of carbonyl (C=O) groups is 2. The van der Waals surface area contributed by atoms with E-state index in [1.165, 1.54) is 18.2 Å². The van der Waals surface area contributed by atoms with Crippen LogP contribution in [0.4, 0.5) is 4.39 Å². The van der Waals surface area contributed by atoms with E-state index >= 15 is 0 Å². The Morgan fingerprint density at radius 3 is 2.60 bits per heavy atom. The monoisotopic (exact) mass is 343 g/mol. The van der Waals surface area contributed by atoms with Crippen LogP contribution in [0, 0.1) is 11.2 Å². The van der Waals surface area contributed by atoms with Crippen LogP contribution in [-0.2, 0) is 4.79 Å². The molecule has 0 atom stereocenters. The highest BCUT2D eigenvalue weighted by atomic mass is 79.9. The van der Waals surface area contributed by atoms with Crippen LogP contribution in [0.1, 0.15) is 36.0 Å². The van der Waals surface area contributed by atoms with E-state index in [1.54, 1.807) is 0 Å². The molecule has 1 aromatic rings. The summed E-state index contributed by atoms with van der Waals surface area (Å²) in [5, 5.41) is 11.9. The van der Waals surface area contributed by atoms with E-state index in [2.05, 4.69) is 21.2 Å². The topological polar surface area (TPSA) is 66.4 Å². The summed E-state index contributed by atoms with van der Waals surface area (Å²) in [6.45, 7) is 0.0735. The molecule has 0 bridgehead atoms. The van der Waals surface area contributed by atoms with Gasteiger partial charge in [-0.05, 0) is 40.9 Å². The molecule has 0 radical (unpaired) electrons. The first-order valence-corrected chi connectivity index (χ1v) is 7.21. The summed E-state index contributed by atoms with van der Waals surface area (Å²) in [7, 11) is 0. The van der Waals surface area contributed by atoms with Crippen LogP contribution in [0.25, 0.3) is 0 Å². The van der Waals surface area contributed by atoms with Gasteiger partial charge in [-0.2, -0.15) is 0 Å². The smallest absolute Gasteiger partial charge is 0.311 e. The molecule has 0 unspecified atom stereocenters. The summed E-state index contributed by atoms with van der Waals surface area (Å²) in [5.41, 5.74) is -0.710. The third-order valence-corrected chi connectivity index (χ3v) is 4.60. The summed E-state index contributed by atoms with van der Waals surface area (Å²) >= 11 is 3.02. The Morgan fingerprint density at radius 2 is 2.00 bits per heavy atom. The fraction of sp³-hybridized carbons (Fsp3) is 0.429. The van der Waals surface area contributed by atoms with E-state index in [0.29, 0.717) is 12.8 Å². The maximum Gasteiger partial charge on any atom is 0.311 e. The van der Waals surface area contributed by atoms with Crippen molar-refractivity contribution in [3.8, 4) is 0 Å². The molecule has 0 aromatic heterocycles. The fourth-order valence-electron chi connectivity index (χ4n) is 2.54. The van der Waals surface area contributed by atoms with Crippen LogP contribution in [0.3, 0.4) is 0 Å². The van der Waals surface area contributed by atoms with Gasteiger partial charge in [0, 0.05) is 6.54 Å². The predicted octanol–water partition coefficient (Wildman–Crippen LogP) is 2.96. The van der Waals surface area contributed by atoms with Crippen molar-refractivity contribution in [1.82, 2.24) is 5.32 Å². The van der Waals surface area contributed by atoms with Gasteiger partial charge in [-0.1, -0.05) is 18.9 Å². The second kappa shape index (κ2) is 5.91. The SMILES string of the molecule is O=C(NCC1(C(=O)O)CCCC1)c1cccc(F)c1Br. The summed E-state index contributed by atoms with van der Waals surface area (Å²) < 4.78 is 13.5. The highest BCUT2D eigenvalue weighted by Gasteiger charge is 2.41. The standard InChI is InChI=1S/C14H15BrFNO3/c15-11-9(4-3-5-10(11)16)12(18)17-8-14(13(19)20)6-1-2-7-14/h3-5H,1-2,6-8H2,(H,17,18)(H,19,20). The molecule has 4 nitrogen and oxygen atoms in total. The normalized spacial score (nSPS) is 16.9. The Labute approximate surface area is 124 Å². The first kappa shape index (κ1) is 15.0. The summed E-state index contributed by atoms with van der Waals surface area (Å²) in [5.74, 6) is -1.87. The molecule has 0 heterocycles. The third-order valence-electron chi connectivity index (χ3n) is 3.80. The number of carboxylic acids is 1. The number of hydrogen-bond donors (Lipinski definition) is 2. The molecule has 6 heteroatoms. The van der Waals surface area contributed by atoms with Crippen molar-refractivity contribution in [1.29, 1.82) is 0 Å². The minimum atomic E-state index is -0.881. The van der Waals surface area contributed by atoms with Gasteiger partial charge in [0.25, 0.3) is 5.91 Å². The first-order chi connectivity index (χ1) is 9.46. The zero-order chi connectivity index (χ0) is 14.8. The van der Waals surface area contributed by atoms with Crippen LogP contribution >= 0.6 is 15.9 Å². The fourth-order valence-corrected chi connectivity index (χ4v) is 2.99. The van der Waals surface area contributed by atoms with Gasteiger partial charge in [0.2, 0.25) is 0 Å². The molecular weight excluding hydrogens is 329 g/mol. The van der Waals surface area contributed by atoms with Crippen molar-refractivity contribution in [2.75, 3.05) is 6.54 Å². The summed E-state index contributed by atoms with van der Waals surface area (Å²) in [4.78, 5) is 23.4. The van der Waals surface area contributed by atoms with Crippen LogP contribution in [0.5, 0.6) is 0 Å². The number of carbonyl (C=O) groups excluding carboxylic acids is 1. The lowest BCUT2D eigenvalue weighted by atomic mass is 9.86. The lowest BCUT2D eigenvalue weighted by Crippen LogP contribution is -2.41. The van der Waals surface area contributed by atoms with Crippen LogP contribution in [0.2, 0.25) is 0 Å². The number of rotatable bonds is 4. The van der Waals surface area contributed by atoms with Crippen molar-refractivity contribution in [2.45, 2.75) is 25.7 Å². The number of amides is 1. The minimum absolute atomic E-state index is 0.0735. The molecule has 1 saturated carbocycles. The molecule has 0 saturated heterocycles. The first-order valence-electron chi connectivity index (χ1n) is 6.42. The Balaban J connectivity index is 2.08. The highest BCUT2D eigenvalue weighted by Crippen LogP contribution is 2.37. The molecule has 2 rings (SSSR count). The van der Waals surface area contributed by atoms with Gasteiger partial charge in [0.05, 0.1) is 15.5 Å². The number of carboxylic acid groups (broad SMARTS) is 1. The largest absolute Gasteiger partial charge is 0.481 e. The zero-order valence-electron chi connectivity index (χ0n) is 10.8. The number of halogens is 2. The molecule has 1 aliphatic rings. The molecule has 1 amide bonds. The quantitative estimate of drug-likeness (QED) is 0.883. The predicted molar refractivity (Wildman–Crippen MR) is 75.0 cm³/mol. The highest BCUT2D eigenvalue weighted by molar-refractivity contribution is 9.10. The van der Waals surface area contributed by atoms with Gasteiger partial charge in [-0.15, -0.1) is 0 Å². The van der Waals surface area contributed by atoms with Crippen molar-refractivity contribution >= 4 is 27.8 Å². The molecule has 0 spiro atoms. The number of nitrogens with one attached hydrogen (secondary N) is 1. The van der Waals surface area contributed by atoms with E-state index in [-0.39, 0.29) is 16.6 Å². The molecular formula is C14H15BrFNO3. The second-order valence-corrected chi connectivity index (χ2v) is 5.87. The van der Waals surface area contributed by atoms with Crippen molar-refractivity contribution in [3.63, 3.8) is 0 Å². The van der Waals surface area contributed by atoms with Crippen molar-refractivity contribution in [2.24, 2.45) is 5.41 Å². The Bertz CT molecular complexity index is 541. The molecule has 0 aliphatic heterocycles. The molecule has 20 heavy (non-hydrogen) atoms. The van der Waals surface area contributed by atoms with E-state index in [1.807, 2.05) is 0 Å². The number of hydrogen-bond acceptors (Lipinski definition) is 2. The summed E-state index contributed by atoms with van der Waals surface area (Å²) in [6.07, 6.45) is 2.83. The average Bonchev–Trinajstić information content (AvgIpc) is 2.89. The van der Waals surface area contributed by atoms with E-state index in [4.69, 9.17) is 0 Å². The van der Waals surface area contributed by atoms with Gasteiger partial charge in [-0.3, -0.25) is 9.59 Å². The molecule has 1 aliphatic carbocycles. The zero-order valence-corrected chi connectivity index (χ0v) is 12.4. The Kier molecular flexibility index (Phi) is 4.42. The number of benzene rings is 1. The average molecular weight is 344 g/mol. The molecule has 1 fully saturated rings. The van der Waals surface area contributed by atoms with Crippen LogP contribution in [0.15, 0.2) is 22.7 Å². The van der Waals surface area contributed by atoms with Crippen LogP contribution < -0.4 is 5.32 Å². The van der Waals surface area contributed by atoms with Gasteiger partial charge in [0.15, 0.2) is 0 Å². The molecule has 1 aromatic carbocycles. The Morgan fingerprint density at radius 1 is 1.35 bits per heavy atom. The van der Waals surface area contributed by atoms with Crippen LogP contribution in [-0.4, -0.2) is 23.5 Å².